The van der Waals surface area contributed by atoms with E-state index in [4.69, 9.17) is 0 Å². The third-order valence-electron chi connectivity index (χ3n) is 7.02. The summed E-state index contributed by atoms with van der Waals surface area (Å²) in [6.07, 6.45) is 5.69. The van der Waals surface area contributed by atoms with E-state index in [1.54, 1.807) is 0 Å². The Balaban J connectivity index is 1.50. The highest BCUT2D eigenvalue weighted by Gasteiger charge is 2.42. The molecule has 28 heavy (non-hydrogen) atoms. The lowest BCUT2D eigenvalue weighted by Crippen LogP contribution is -2.54. The van der Waals surface area contributed by atoms with E-state index < -0.39 is 0 Å². The van der Waals surface area contributed by atoms with Crippen molar-refractivity contribution < 1.29 is 9.59 Å². The van der Waals surface area contributed by atoms with E-state index in [1.807, 2.05) is 23.1 Å². The second-order valence-corrected chi connectivity index (χ2v) is 8.97. The van der Waals surface area contributed by atoms with Gasteiger partial charge in [0.2, 0.25) is 11.8 Å². The molecule has 5 unspecified atom stereocenters. The number of anilines is 1. The van der Waals surface area contributed by atoms with Crippen molar-refractivity contribution in [2.24, 2.45) is 17.8 Å². The average molecular weight is 384 g/mol. The first-order valence-corrected chi connectivity index (χ1v) is 11.0. The quantitative estimate of drug-likeness (QED) is 0.844. The summed E-state index contributed by atoms with van der Waals surface area (Å²) >= 11 is 0. The molecule has 2 amide bonds. The van der Waals surface area contributed by atoms with Crippen molar-refractivity contribution in [1.29, 1.82) is 0 Å². The van der Waals surface area contributed by atoms with Crippen molar-refractivity contribution in [3.63, 3.8) is 0 Å². The van der Waals surface area contributed by atoms with Gasteiger partial charge < -0.3 is 15.5 Å². The van der Waals surface area contributed by atoms with Gasteiger partial charge in [-0.1, -0.05) is 38.0 Å². The van der Waals surface area contributed by atoms with Crippen LogP contribution in [0.3, 0.4) is 0 Å². The first kappa shape index (κ1) is 19.4. The highest BCUT2D eigenvalue weighted by Crippen LogP contribution is 2.38. The molecule has 0 radical (unpaired) electrons. The maximum atomic E-state index is 13.6. The smallest absolute Gasteiger partial charge is 0.231 e. The summed E-state index contributed by atoms with van der Waals surface area (Å²) < 4.78 is 0. The van der Waals surface area contributed by atoms with E-state index in [0.29, 0.717) is 5.92 Å². The molecule has 0 spiro atoms. The molecule has 1 saturated carbocycles. The molecular weight excluding hydrogens is 350 g/mol. The topological polar surface area (TPSA) is 61.4 Å². The zero-order chi connectivity index (χ0) is 19.7. The van der Waals surface area contributed by atoms with Gasteiger partial charge in [-0.15, -0.1) is 0 Å². The van der Waals surface area contributed by atoms with Crippen LogP contribution in [0.4, 0.5) is 5.69 Å². The number of para-hydroxylation sites is 1. The number of piperidine rings is 1. The molecule has 2 aliphatic heterocycles. The molecule has 0 aromatic heterocycles. The predicted molar refractivity (Wildman–Crippen MR) is 111 cm³/mol. The molecule has 2 fully saturated rings. The summed E-state index contributed by atoms with van der Waals surface area (Å²) in [5.74, 6) is 0.309. The Morgan fingerprint density at radius 3 is 2.61 bits per heavy atom. The molecule has 1 aliphatic carbocycles. The number of carbonyl (C=O) groups excluding carboxylic acids is 2. The minimum atomic E-state index is -0.200. The van der Waals surface area contributed by atoms with Crippen molar-refractivity contribution in [1.82, 2.24) is 10.6 Å². The fourth-order valence-electron chi connectivity index (χ4n) is 5.29. The lowest BCUT2D eigenvalue weighted by atomic mass is 9.77. The van der Waals surface area contributed by atoms with E-state index >= 15 is 0 Å². The van der Waals surface area contributed by atoms with Crippen LogP contribution in [-0.2, 0) is 16.0 Å². The Kier molecular flexibility index (Phi) is 5.72. The maximum Gasteiger partial charge on any atom is 0.231 e. The Morgan fingerprint density at radius 1 is 1.07 bits per heavy atom. The fraction of sp³-hybridized carbons (Fsp3) is 0.652. The third kappa shape index (κ3) is 3.69. The van der Waals surface area contributed by atoms with Gasteiger partial charge in [0, 0.05) is 30.2 Å². The number of hydrogen-bond donors (Lipinski definition) is 2. The first-order chi connectivity index (χ1) is 13.6. The lowest BCUT2D eigenvalue weighted by Gasteiger charge is -2.36. The summed E-state index contributed by atoms with van der Waals surface area (Å²) in [4.78, 5) is 28.7. The molecule has 1 aromatic carbocycles. The number of carbonyl (C=O) groups is 2. The number of nitrogens with one attached hydrogen (secondary N) is 2. The van der Waals surface area contributed by atoms with Crippen LogP contribution in [0.2, 0.25) is 0 Å². The molecule has 0 bridgehead atoms. The van der Waals surface area contributed by atoms with Crippen LogP contribution in [-0.4, -0.2) is 37.0 Å². The van der Waals surface area contributed by atoms with Crippen molar-refractivity contribution in [2.45, 2.75) is 64.5 Å². The molecule has 4 rings (SSSR count). The summed E-state index contributed by atoms with van der Waals surface area (Å²) in [6.45, 7) is 6.17. The minimum absolute atomic E-state index is 0.0822. The molecule has 152 valence electrons. The van der Waals surface area contributed by atoms with Crippen LogP contribution >= 0.6 is 0 Å². The highest BCUT2D eigenvalue weighted by atomic mass is 16.2. The number of rotatable bonds is 3. The van der Waals surface area contributed by atoms with Gasteiger partial charge in [0.25, 0.3) is 0 Å². The number of fused-ring (bicyclic) bond motifs is 1. The van der Waals surface area contributed by atoms with Gasteiger partial charge in [0.05, 0.1) is 5.92 Å². The largest absolute Gasteiger partial charge is 0.352 e. The Hall–Kier alpha value is -1.88. The summed E-state index contributed by atoms with van der Waals surface area (Å²) in [6, 6.07) is 8.53. The van der Waals surface area contributed by atoms with E-state index in [2.05, 4.69) is 30.5 Å². The molecule has 1 aromatic rings. The van der Waals surface area contributed by atoms with Crippen molar-refractivity contribution in [3.8, 4) is 0 Å². The molecule has 2 heterocycles. The van der Waals surface area contributed by atoms with Crippen LogP contribution in [0, 0.1) is 17.8 Å². The molecular formula is C23H33N3O2. The Labute approximate surface area is 168 Å². The van der Waals surface area contributed by atoms with Crippen LogP contribution in [0.5, 0.6) is 0 Å². The predicted octanol–water partition coefficient (Wildman–Crippen LogP) is 2.88. The van der Waals surface area contributed by atoms with Crippen LogP contribution < -0.4 is 15.5 Å². The second-order valence-electron chi connectivity index (χ2n) is 8.97. The molecule has 5 heteroatoms. The van der Waals surface area contributed by atoms with Crippen molar-refractivity contribution in [3.05, 3.63) is 29.8 Å². The summed E-state index contributed by atoms with van der Waals surface area (Å²) in [5, 5.41) is 6.65. The monoisotopic (exact) mass is 383 g/mol. The number of hydrogen-bond acceptors (Lipinski definition) is 3. The molecule has 2 N–H and O–H groups in total. The molecule has 1 saturated heterocycles. The fourth-order valence-corrected chi connectivity index (χ4v) is 5.29. The van der Waals surface area contributed by atoms with Gasteiger partial charge in [-0.2, -0.15) is 0 Å². The summed E-state index contributed by atoms with van der Waals surface area (Å²) in [7, 11) is 0. The van der Waals surface area contributed by atoms with Gasteiger partial charge >= 0.3 is 0 Å². The second kappa shape index (κ2) is 8.24. The normalized spacial score (nSPS) is 32.6. The lowest BCUT2D eigenvalue weighted by molar-refractivity contribution is -0.136. The van der Waals surface area contributed by atoms with Gasteiger partial charge in [-0.25, -0.2) is 0 Å². The van der Waals surface area contributed by atoms with E-state index in [9.17, 15) is 9.59 Å². The van der Waals surface area contributed by atoms with Gasteiger partial charge in [-0.05, 0) is 56.7 Å². The van der Waals surface area contributed by atoms with Gasteiger partial charge in [-0.3, -0.25) is 9.59 Å². The standard InChI is InChI=1S/C23H33N3O2/c1-15-11-12-24-14-20(15)25-22(27)18-8-4-5-9-19(18)23(28)26-16(2)13-17-7-3-6-10-21(17)26/h3,6-7,10,15-16,18-20,24H,4-5,8-9,11-14H2,1-2H3,(H,25,27). The van der Waals surface area contributed by atoms with E-state index in [1.165, 1.54) is 5.56 Å². The zero-order valence-electron chi connectivity index (χ0n) is 17.1. The van der Waals surface area contributed by atoms with Crippen LogP contribution in [0.1, 0.15) is 51.5 Å². The third-order valence-corrected chi connectivity index (χ3v) is 7.02. The number of benzene rings is 1. The minimum Gasteiger partial charge on any atom is -0.352 e. The Morgan fingerprint density at radius 2 is 1.82 bits per heavy atom. The summed E-state index contributed by atoms with van der Waals surface area (Å²) in [5.41, 5.74) is 2.28. The van der Waals surface area contributed by atoms with E-state index in [0.717, 1.165) is 57.3 Å². The van der Waals surface area contributed by atoms with Gasteiger partial charge in [0.1, 0.15) is 0 Å². The van der Waals surface area contributed by atoms with Crippen molar-refractivity contribution in [2.75, 3.05) is 18.0 Å². The molecule has 5 nitrogen and oxygen atoms in total. The maximum absolute atomic E-state index is 13.6. The molecule has 5 atom stereocenters. The van der Waals surface area contributed by atoms with Crippen LogP contribution in [0.15, 0.2) is 24.3 Å². The SMILES string of the molecule is CC1CCNCC1NC(=O)C1CCCCC1C(=O)N1c2ccccc2CC1C. The van der Waals surface area contributed by atoms with Crippen molar-refractivity contribution >= 4 is 17.5 Å². The zero-order valence-corrected chi connectivity index (χ0v) is 17.1. The first-order valence-electron chi connectivity index (χ1n) is 11.0. The molecule has 3 aliphatic rings. The van der Waals surface area contributed by atoms with E-state index in [-0.39, 0.29) is 35.7 Å². The Bertz CT molecular complexity index is 734. The highest BCUT2D eigenvalue weighted by molar-refractivity contribution is 6.00. The van der Waals surface area contributed by atoms with Crippen LogP contribution in [0.25, 0.3) is 0 Å². The van der Waals surface area contributed by atoms with Gasteiger partial charge in [0.15, 0.2) is 0 Å². The number of nitrogens with zero attached hydrogens (tertiary/aromatic N) is 1. The average Bonchev–Trinajstić information content (AvgIpc) is 3.05. The number of amides is 2.